The first-order valence-electron chi connectivity index (χ1n) is 9.77. The first kappa shape index (κ1) is 19.6. The van der Waals surface area contributed by atoms with E-state index in [1.54, 1.807) is 4.90 Å². The highest BCUT2D eigenvalue weighted by Crippen LogP contribution is 2.41. The topological polar surface area (TPSA) is 78.0 Å². The van der Waals surface area contributed by atoms with Crippen molar-refractivity contribution in [1.29, 1.82) is 0 Å². The summed E-state index contributed by atoms with van der Waals surface area (Å²) in [6.07, 6.45) is 5.72. The standard InChI is InChI=1S/C18H31N3O4S/c1-13(2)16-17-14(21(18(16)23)26(3,24)25)7-12-20(17)15(22)8-11-19-9-5-4-6-10-19/h13-14,16-17H,4-12H2,1-3H3/t14?,16?,17-/m0/s1. The summed E-state index contributed by atoms with van der Waals surface area (Å²) in [5.41, 5.74) is 0. The van der Waals surface area contributed by atoms with Crippen LogP contribution < -0.4 is 0 Å². The molecule has 3 saturated heterocycles. The fraction of sp³-hybridized carbons (Fsp3) is 0.889. The van der Waals surface area contributed by atoms with Crippen LogP contribution in [0.3, 0.4) is 0 Å². The van der Waals surface area contributed by atoms with Crippen molar-refractivity contribution >= 4 is 21.8 Å². The fourth-order valence-corrected chi connectivity index (χ4v) is 6.08. The van der Waals surface area contributed by atoms with E-state index in [9.17, 15) is 18.0 Å². The van der Waals surface area contributed by atoms with E-state index < -0.39 is 22.0 Å². The van der Waals surface area contributed by atoms with Crippen LogP contribution in [0.15, 0.2) is 0 Å². The predicted octanol–water partition coefficient (Wildman–Crippen LogP) is 0.906. The summed E-state index contributed by atoms with van der Waals surface area (Å²) in [4.78, 5) is 29.8. The zero-order valence-corrected chi connectivity index (χ0v) is 16.9. The van der Waals surface area contributed by atoms with Gasteiger partial charge in [0.15, 0.2) is 0 Å². The van der Waals surface area contributed by atoms with Gasteiger partial charge in [-0.25, -0.2) is 12.7 Å². The van der Waals surface area contributed by atoms with E-state index >= 15 is 0 Å². The van der Waals surface area contributed by atoms with E-state index in [-0.39, 0.29) is 23.8 Å². The third-order valence-electron chi connectivity index (χ3n) is 6.08. The van der Waals surface area contributed by atoms with Crippen molar-refractivity contribution in [3.63, 3.8) is 0 Å². The van der Waals surface area contributed by atoms with Crippen molar-refractivity contribution in [2.24, 2.45) is 11.8 Å². The van der Waals surface area contributed by atoms with Crippen LogP contribution in [-0.4, -0.2) is 78.9 Å². The first-order chi connectivity index (χ1) is 12.2. The molecule has 0 aliphatic carbocycles. The Balaban J connectivity index is 1.73. The number of fused-ring (bicyclic) bond motifs is 1. The Kier molecular flexibility index (Phi) is 5.63. The number of piperidine rings is 1. The van der Waals surface area contributed by atoms with Crippen molar-refractivity contribution in [3.8, 4) is 0 Å². The van der Waals surface area contributed by atoms with Gasteiger partial charge < -0.3 is 9.80 Å². The second kappa shape index (κ2) is 7.46. The highest BCUT2D eigenvalue weighted by atomic mass is 32.2. The Morgan fingerprint density at radius 2 is 1.81 bits per heavy atom. The molecule has 8 heteroatoms. The second-order valence-electron chi connectivity index (χ2n) is 8.25. The average Bonchev–Trinajstić information content (AvgIpc) is 3.08. The molecule has 0 N–H and O–H groups in total. The Hall–Kier alpha value is -1.15. The van der Waals surface area contributed by atoms with Crippen LogP contribution in [0, 0.1) is 11.8 Å². The van der Waals surface area contributed by atoms with E-state index in [1.165, 1.54) is 19.3 Å². The molecule has 3 fully saturated rings. The third-order valence-corrected chi connectivity index (χ3v) is 7.24. The lowest BCUT2D eigenvalue weighted by molar-refractivity contribution is -0.135. The Labute approximate surface area is 156 Å². The van der Waals surface area contributed by atoms with Crippen molar-refractivity contribution in [2.75, 3.05) is 32.4 Å². The van der Waals surface area contributed by atoms with Crippen LogP contribution in [0.25, 0.3) is 0 Å². The molecular weight excluding hydrogens is 354 g/mol. The van der Waals surface area contributed by atoms with E-state index in [1.807, 2.05) is 13.8 Å². The number of nitrogens with zero attached hydrogens (tertiary/aromatic N) is 3. The van der Waals surface area contributed by atoms with E-state index in [4.69, 9.17) is 0 Å². The molecule has 3 aliphatic heterocycles. The molecule has 0 radical (unpaired) electrons. The van der Waals surface area contributed by atoms with Gasteiger partial charge in [0.25, 0.3) is 0 Å². The molecule has 3 aliphatic rings. The molecule has 7 nitrogen and oxygen atoms in total. The SMILES string of the molecule is CC(C)C1C(=O)N(S(C)(=O)=O)C2CCN(C(=O)CCN3CCCCC3)[C@H]12. The molecule has 2 unspecified atom stereocenters. The van der Waals surface area contributed by atoms with Crippen LogP contribution in [0.4, 0.5) is 0 Å². The van der Waals surface area contributed by atoms with Gasteiger partial charge in [0.2, 0.25) is 21.8 Å². The number of likely N-dealkylation sites (tertiary alicyclic amines) is 2. The minimum Gasteiger partial charge on any atom is -0.337 e. The molecule has 0 aromatic rings. The highest BCUT2D eigenvalue weighted by Gasteiger charge is 2.58. The molecule has 3 atom stereocenters. The second-order valence-corrected chi connectivity index (χ2v) is 10.1. The molecule has 0 bridgehead atoms. The molecule has 3 rings (SSSR count). The maximum Gasteiger partial charge on any atom is 0.241 e. The van der Waals surface area contributed by atoms with Crippen LogP contribution in [0.5, 0.6) is 0 Å². The van der Waals surface area contributed by atoms with Gasteiger partial charge >= 0.3 is 0 Å². The molecule has 0 spiro atoms. The summed E-state index contributed by atoms with van der Waals surface area (Å²) in [5.74, 6) is -0.726. The summed E-state index contributed by atoms with van der Waals surface area (Å²) in [6, 6.07) is -0.713. The van der Waals surface area contributed by atoms with Gasteiger partial charge in [-0.2, -0.15) is 0 Å². The van der Waals surface area contributed by atoms with Gasteiger partial charge in [0.1, 0.15) is 0 Å². The van der Waals surface area contributed by atoms with Gasteiger partial charge in [-0.3, -0.25) is 9.59 Å². The number of hydrogen-bond acceptors (Lipinski definition) is 5. The summed E-state index contributed by atoms with van der Waals surface area (Å²) < 4.78 is 25.4. The van der Waals surface area contributed by atoms with Crippen molar-refractivity contribution in [3.05, 3.63) is 0 Å². The van der Waals surface area contributed by atoms with E-state index in [0.717, 1.165) is 30.2 Å². The highest BCUT2D eigenvalue weighted by molar-refractivity contribution is 7.88. The minimum absolute atomic E-state index is 0.00255. The van der Waals surface area contributed by atoms with Crippen LogP contribution in [-0.2, 0) is 19.6 Å². The lowest BCUT2D eigenvalue weighted by Crippen LogP contribution is -2.45. The molecule has 148 valence electrons. The number of hydrogen-bond donors (Lipinski definition) is 0. The lowest BCUT2D eigenvalue weighted by Gasteiger charge is -2.31. The van der Waals surface area contributed by atoms with E-state index in [2.05, 4.69) is 4.90 Å². The predicted molar refractivity (Wildman–Crippen MR) is 98.8 cm³/mol. The number of sulfonamides is 1. The van der Waals surface area contributed by atoms with Crippen LogP contribution in [0.2, 0.25) is 0 Å². The molecule has 0 aromatic heterocycles. The van der Waals surface area contributed by atoms with Crippen molar-refractivity contribution in [2.45, 2.75) is 58.0 Å². The maximum atomic E-state index is 12.9. The number of amides is 2. The molecule has 2 amide bonds. The Morgan fingerprint density at radius 3 is 2.38 bits per heavy atom. The zero-order chi connectivity index (χ0) is 19.1. The van der Waals surface area contributed by atoms with Gasteiger partial charge in [0.05, 0.1) is 24.3 Å². The van der Waals surface area contributed by atoms with Gasteiger partial charge in [0, 0.05) is 19.5 Å². The summed E-state index contributed by atoms with van der Waals surface area (Å²) in [7, 11) is -3.61. The van der Waals surface area contributed by atoms with Crippen molar-refractivity contribution < 1.29 is 18.0 Å². The van der Waals surface area contributed by atoms with Gasteiger partial charge in [-0.15, -0.1) is 0 Å². The largest absolute Gasteiger partial charge is 0.337 e. The average molecular weight is 386 g/mol. The smallest absolute Gasteiger partial charge is 0.241 e. The molecule has 3 heterocycles. The number of rotatable bonds is 5. The van der Waals surface area contributed by atoms with E-state index in [0.29, 0.717) is 19.4 Å². The fourth-order valence-electron chi connectivity index (χ4n) is 4.90. The van der Waals surface area contributed by atoms with Crippen LogP contribution >= 0.6 is 0 Å². The van der Waals surface area contributed by atoms with Crippen molar-refractivity contribution in [1.82, 2.24) is 14.1 Å². The third kappa shape index (κ3) is 3.63. The summed E-state index contributed by atoms with van der Waals surface area (Å²) >= 11 is 0. The minimum atomic E-state index is -3.61. The summed E-state index contributed by atoms with van der Waals surface area (Å²) in [5, 5.41) is 0. The number of carbonyl (C=O) groups is 2. The maximum absolute atomic E-state index is 12.9. The van der Waals surface area contributed by atoms with Crippen LogP contribution in [0.1, 0.15) is 46.0 Å². The monoisotopic (exact) mass is 385 g/mol. The Bertz CT molecular complexity index is 657. The molecule has 0 aromatic carbocycles. The van der Waals surface area contributed by atoms with Gasteiger partial charge in [-0.1, -0.05) is 20.3 Å². The quantitative estimate of drug-likeness (QED) is 0.703. The molecule has 0 saturated carbocycles. The normalized spacial score (nSPS) is 30.3. The summed E-state index contributed by atoms with van der Waals surface area (Å²) in [6.45, 7) is 7.25. The molecule has 26 heavy (non-hydrogen) atoms. The zero-order valence-electron chi connectivity index (χ0n) is 16.1. The Morgan fingerprint density at radius 1 is 1.15 bits per heavy atom. The van der Waals surface area contributed by atoms with Gasteiger partial charge in [-0.05, 0) is 38.3 Å². The first-order valence-corrected chi connectivity index (χ1v) is 11.6. The lowest BCUT2D eigenvalue weighted by atomic mass is 9.88. The number of carbonyl (C=O) groups excluding carboxylic acids is 2. The molecular formula is C18H31N3O4S.